The number of nitrogens with two attached hydrogens (primary N) is 1. The highest BCUT2D eigenvalue weighted by Gasteiger charge is 2.23. The van der Waals surface area contributed by atoms with Crippen LogP contribution in [0.25, 0.3) is 0 Å². The third-order valence-electron chi connectivity index (χ3n) is 2.33. The van der Waals surface area contributed by atoms with E-state index >= 15 is 0 Å². The smallest absolute Gasteiger partial charge is 0.323 e. The van der Waals surface area contributed by atoms with Crippen molar-refractivity contribution in [3.05, 3.63) is 18.0 Å². The Kier molecular flexibility index (Phi) is 4.51. The second kappa shape index (κ2) is 5.52. The molecule has 0 aliphatic carbocycles. The van der Waals surface area contributed by atoms with E-state index in [4.69, 9.17) is 10.5 Å². The highest BCUT2D eigenvalue weighted by atomic mass is 16.6. The Morgan fingerprint density at radius 2 is 2.11 bits per heavy atom. The molecule has 1 unspecified atom stereocenters. The SMILES string of the molecule is CC(C)n1ccc(CC(N)C(=O)OC(C)(C)C)n1. The molecule has 18 heavy (non-hydrogen) atoms. The minimum atomic E-state index is -0.667. The molecule has 1 aromatic heterocycles. The highest BCUT2D eigenvalue weighted by Crippen LogP contribution is 2.10. The van der Waals surface area contributed by atoms with Gasteiger partial charge in [0.2, 0.25) is 0 Å². The van der Waals surface area contributed by atoms with Crippen molar-refractivity contribution < 1.29 is 9.53 Å². The number of esters is 1. The lowest BCUT2D eigenvalue weighted by Gasteiger charge is -2.21. The summed E-state index contributed by atoms with van der Waals surface area (Å²) in [6.45, 7) is 9.57. The normalized spacial score (nSPS) is 13.7. The first-order valence-electron chi connectivity index (χ1n) is 6.21. The van der Waals surface area contributed by atoms with Gasteiger partial charge in [0.05, 0.1) is 5.69 Å². The second-order valence-corrected chi connectivity index (χ2v) is 5.72. The zero-order valence-electron chi connectivity index (χ0n) is 11.8. The van der Waals surface area contributed by atoms with E-state index in [2.05, 4.69) is 5.10 Å². The average Bonchev–Trinajstić information content (AvgIpc) is 2.63. The van der Waals surface area contributed by atoms with Gasteiger partial charge in [-0.1, -0.05) is 0 Å². The van der Waals surface area contributed by atoms with Gasteiger partial charge in [0.15, 0.2) is 0 Å². The van der Waals surface area contributed by atoms with Gasteiger partial charge in [-0.2, -0.15) is 5.10 Å². The number of carbonyl (C=O) groups is 1. The summed E-state index contributed by atoms with van der Waals surface area (Å²) in [5.74, 6) is -0.387. The quantitative estimate of drug-likeness (QED) is 0.829. The van der Waals surface area contributed by atoms with Gasteiger partial charge in [-0.25, -0.2) is 0 Å². The van der Waals surface area contributed by atoms with Crippen LogP contribution in [0.4, 0.5) is 0 Å². The minimum absolute atomic E-state index is 0.302. The van der Waals surface area contributed by atoms with Crippen LogP contribution in [-0.4, -0.2) is 27.4 Å². The predicted molar refractivity (Wildman–Crippen MR) is 70.1 cm³/mol. The summed E-state index contributed by atoms with van der Waals surface area (Å²) >= 11 is 0. The molecule has 5 heteroatoms. The maximum absolute atomic E-state index is 11.7. The molecule has 0 bridgehead atoms. The lowest BCUT2D eigenvalue weighted by molar-refractivity contribution is -0.156. The minimum Gasteiger partial charge on any atom is -0.459 e. The van der Waals surface area contributed by atoms with Crippen molar-refractivity contribution >= 4 is 5.97 Å². The molecule has 0 spiro atoms. The van der Waals surface area contributed by atoms with Crippen molar-refractivity contribution in [2.24, 2.45) is 5.73 Å². The Morgan fingerprint density at radius 1 is 1.50 bits per heavy atom. The zero-order valence-corrected chi connectivity index (χ0v) is 11.8. The fraction of sp³-hybridized carbons (Fsp3) is 0.692. The molecule has 1 rings (SSSR count). The van der Waals surface area contributed by atoms with Crippen LogP contribution in [0, 0.1) is 0 Å². The third kappa shape index (κ3) is 4.49. The van der Waals surface area contributed by atoms with E-state index in [1.807, 2.05) is 51.6 Å². The molecular weight excluding hydrogens is 230 g/mol. The molecule has 1 aromatic rings. The Bertz CT molecular complexity index is 405. The van der Waals surface area contributed by atoms with E-state index in [-0.39, 0.29) is 5.97 Å². The van der Waals surface area contributed by atoms with Gasteiger partial charge in [0.25, 0.3) is 0 Å². The molecule has 0 aliphatic heterocycles. The molecular formula is C13H23N3O2. The Balaban J connectivity index is 2.58. The van der Waals surface area contributed by atoms with E-state index in [0.29, 0.717) is 12.5 Å². The first-order valence-corrected chi connectivity index (χ1v) is 6.21. The van der Waals surface area contributed by atoms with Gasteiger partial charge >= 0.3 is 5.97 Å². The molecule has 0 aliphatic rings. The summed E-state index contributed by atoms with van der Waals surface area (Å²) < 4.78 is 7.07. The van der Waals surface area contributed by atoms with E-state index in [1.54, 1.807) is 0 Å². The van der Waals surface area contributed by atoms with Crippen molar-refractivity contribution in [1.29, 1.82) is 0 Å². The van der Waals surface area contributed by atoms with Gasteiger partial charge in [-0.3, -0.25) is 9.48 Å². The fourth-order valence-corrected chi connectivity index (χ4v) is 1.46. The standard InChI is InChI=1S/C13H23N3O2/c1-9(2)16-7-6-10(15-16)8-11(14)12(17)18-13(3,4)5/h6-7,9,11H,8,14H2,1-5H3. The van der Waals surface area contributed by atoms with Gasteiger partial charge < -0.3 is 10.5 Å². The van der Waals surface area contributed by atoms with Crippen LogP contribution in [0.15, 0.2) is 12.3 Å². The van der Waals surface area contributed by atoms with Crippen LogP contribution in [0.1, 0.15) is 46.4 Å². The average molecular weight is 253 g/mol. The maximum Gasteiger partial charge on any atom is 0.323 e. The molecule has 1 atom stereocenters. The summed E-state index contributed by atoms with van der Waals surface area (Å²) in [6.07, 6.45) is 2.29. The monoisotopic (exact) mass is 253 g/mol. The lowest BCUT2D eigenvalue weighted by atomic mass is 10.1. The van der Waals surface area contributed by atoms with Crippen LogP contribution in [-0.2, 0) is 16.0 Å². The molecule has 0 saturated carbocycles. The summed E-state index contributed by atoms with van der Waals surface area (Å²) in [6, 6.07) is 1.51. The summed E-state index contributed by atoms with van der Waals surface area (Å²) in [5, 5.41) is 4.36. The largest absolute Gasteiger partial charge is 0.459 e. The molecule has 0 radical (unpaired) electrons. The van der Waals surface area contributed by atoms with Crippen LogP contribution in [0.5, 0.6) is 0 Å². The van der Waals surface area contributed by atoms with Crippen molar-refractivity contribution in [2.45, 2.75) is 58.7 Å². The van der Waals surface area contributed by atoms with Gasteiger partial charge in [0, 0.05) is 18.7 Å². The molecule has 0 amide bonds. The predicted octanol–water partition coefficient (Wildman–Crippen LogP) is 1.68. The van der Waals surface area contributed by atoms with Gasteiger partial charge in [-0.05, 0) is 40.7 Å². The molecule has 2 N–H and O–H groups in total. The van der Waals surface area contributed by atoms with Crippen molar-refractivity contribution in [1.82, 2.24) is 9.78 Å². The van der Waals surface area contributed by atoms with Crippen LogP contribution >= 0.6 is 0 Å². The number of hydrogen-bond acceptors (Lipinski definition) is 4. The van der Waals surface area contributed by atoms with E-state index in [9.17, 15) is 4.79 Å². The van der Waals surface area contributed by atoms with Crippen molar-refractivity contribution in [3.8, 4) is 0 Å². The number of hydrogen-bond donors (Lipinski definition) is 1. The molecule has 0 fully saturated rings. The summed E-state index contributed by atoms with van der Waals surface area (Å²) in [4.78, 5) is 11.7. The van der Waals surface area contributed by atoms with E-state index in [1.165, 1.54) is 0 Å². The summed E-state index contributed by atoms with van der Waals surface area (Å²) in [7, 11) is 0. The fourth-order valence-electron chi connectivity index (χ4n) is 1.46. The van der Waals surface area contributed by atoms with E-state index in [0.717, 1.165) is 5.69 Å². The Labute approximate surface area is 108 Å². The number of rotatable bonds is 4. The number of nitrogens with zero attached hydrogens (tertiary/aromatic N) is 2. The van der Waals surface area contributed by atoms with Crippen molar-refractivity contribution in [3.63, 3.8) is 0 Å². The number of aromatic nitrogens is 2. The first-order chi connectivity index (χ1) is 8.19. The third-order valence-corrected chi connectivity index (χ3v) is 2.33. The lowest BCUT2D eigenvalue weighted by Crippen LogP contribution is -2.38. The maximum atomic E-state index is 11.7. The van der Waals surface area contributed by atoms with Crippen LogP contribution in [0.2, 0.25) is 0 Å². The molecule has 1 heterocycles. The first kappa shape index (κ1) is 14.7. The van der Waals surface area contributed by atoms with Gasteiger partial charge in [0.1, 0.15) is 11.6 Å². The molecule has 0 aromatic carbocycles. The van der Waals surface area contributed by atoms with Crippen molar-refractivity contribution in [2.75, 3.05) is 0 Å². The van der Waals surface area contributed by atoms with Crippen LogP contribution < -0.4 is 5.73 Å². The van der Waals surface area contributed by atoms with Crippen LogP contribution in [0.3, 0.4) is 0 Å². The molecule has 102 valence electrons. The number of ether oxygens (including phenoxy) is 1. The Morgan fingerprint density at radius 3 is 2.56 bits per heavy atom. The molecule has 5 nitrogen and oxygen atoms in total. The second-order valence-electron chi connectivity index (χ2n) is 5.72. The Hall–Kier alpha value is -1.36. The highest BCUT2D eigenvalue weighted by molar-refractivity contribution is 5.76. The summed E-state index contributed by atoms with van der Waals surface area (Å²) in [5.41, 5.74) is 6.12. The topological polar surface area (TPSA) is 70.1 Å². The van der Waals surface area contributed by atoms with Gasteiger partial charge in [-0.15, -0.1) is 0 Å². The molecule has 0 saturated heterocycles. The van der Waals surface area contributed by atoms with E-state index < -0.39 is 11.6 Å². The zero-order chi connectivity index (χ0) is 13.9. The number of carbonyl (C=O) groups excluding carboxylic acids is 1.